The molecule has 6 nitrogen and oxygen atoms in total. The van der Waals surface area contributed by atoms with E-state index in [4.69, 9.17) is 0 Å². The van der Waals surface area contributed by atoms with Crippen molar-refractivity contribution < 1.29 is 4.79 Å². The van der Waals surface area contributed by atoms with E-state index in [2.05, 4.69) is 27.5 Å². The van der Waals surface area contributed by atoms with Gasteiger partial charge in [-0.2, -0.15) is 4.98 Å². The normalized spacial score (nSPS) is 10.1. The maximum atomic E-state index is 11.6. The third-order valence-electron chi connectivity index (χ3n) is 2.52. The lowest BCUT2D eigenvalue weighted by atomic mass is 10.4. The van der Waals surface area contributed by atoms with E-state index in [0.29, 0.717) is 19.0 Å². The number of carbonyl (C=O) groups is 1. The van der Waals surface area contributed by atoms with Crippen LogP contribution in [0.4, 0.5) is 11.8 Å². The van der Waals surface area contributed by atoms with Crippen LogP contribution in [0.5, 0.6) is 0 Å². The summed E-state index contributed by atoms with van der Waals surface area (Å²) in [6, 6.07) is 1.80. The Morgan fingerprint density at radius 2 is 2.05 bits per heavy atom. The Morgan fingerprint density at radius 1 is 1.32 bits per heavy atom. The first-order valence-electron chi connectivity index (χ1n) is 6.72. The molecule has 0 atom stereocenters. The molecule has 1 aromatic heterocycles. The van der Waals surface area contributed by atoms with E-state index in [9.17, 15) is 4.79 Å². The highest BCUT2D eigenvalue weighted by Crippen LogP contribution is 2.09. The molecule has 0 saturated heterocycles. The van der Waals surface area contributed by atoms with Crippen LogP contribution in [0.3, 0.4) is 0 Å². The van der Waals surface area contributed by atoms with Gasteiger partial charge in [0.1, 0.15) is 5.82 Å². The Labute approximate surface area is 114 Å². The molecule has 0 aliphatic rings. The first kappa shape index (κ1) is 15.2. The molecule has 0 radical (unpaired) electrons. The van der Waals surface area contributed by atoms with Crippen molar-refractivity contribution in [2.24, 2.45) is 0 Å². The molecule has 0 bridgehead atoms. The Morgan fingerprint density at radius 3 is 2.74 bits per heavy atom. The number of likely N-dealkylation sites (N-methyl/N-ethyl adjacent to an activating group) is 1. The first-order chi connectivity index (χ1) is 9.17. The summed E-state index contributed by atoms with van der Waals surface area (Å²) in [6.45, 7) is 5.95. The van der Waals surface area contributed by atoms with E-state index in [-0.39, 0.29) is 5.91 Å². The molecule has 0 aliphatic carbocycles. The minimum atomic E-state index is 0.00558. The molecule has 1 heterocycles. The lowest BCUT2D eigenvalue weighted by Gasteiger charge is -2.18. The van der Waals surface area contributed by atoms with Gasteiger partial charge in [0.25, 0.3) is 0 Å². The van der Waals surface area contributed by atoms with Gasteiger partial charge >= 0.3 is 0 Å². The molecule has 1 rings (SSSR count). The molecule has 0 fully saturated rings. The first-order valence-corrected chi connectivity index (χ1v) is 6.72. The van der Waals surface area contributed by atoms with E-state index in [1.54, 1.807) is 12.3 Å². The maximum Gasteiger partial charge on any atom is 0.239 e. The van der Waals surface area contributed by atoms with Crippen LogP contribution in [0.15, 0.2) is 12.3 Å². The van der Waals surface area contributed by atoms with Gasteiger partial charge in [-0.05, 0) is 18.9 Å². The lowest BCUT2D eigenvalue weighted by Crippen LogP contribution is -2.35. The van der Waals surface area contributed by atoms with E-state index in [0.717, 1.165) is 25.2 Å². The molecule has 0 saturated carbocycles. The van der Waals surface area contributed by atoms with Crippen LogP contribution in [0.1, 0.15) is 26.7 Å². The van der Waals surface area contributed by atoms with Crippen LogP contribution in [-0.2, 0) is 4.79 Å². The SMILES string of the molecule is CCCNC(=O)CN(C)c1ccnc(NCCC)n1. The second-order valence-electron chi connectivity index (χ2n) is 4.37. The summed E-state index contributed by atoms with van der Waals surface area (Å²) in [7, 11) is 1.84. The van der Waals surface area contributed by atoms with Crippen LogP contribution in [0, 0.1) is 0 Å². The van der Waals surface area contributed by atoms with E-state index >= 15 is 0 Å². The zero-order valence-corrected chi connectivity index (χ0v) is 11.9. The lowest BCUT2D eigenvalue weighted by molar-refractivity contribution is -0.119. The quantitative estimate of drug-likeness (QED) is 0.740. The van der Waals surface area contributed by atoms with Gasteiger partial charge in [-0.15, -0.1) is 0 Å². The van der Waals surface area contributed by atoms with Gasteiger partial charge in [-0.25, -0.2) is 4.98 Å². The van der Waals surface area contributed by atoms with Crippen LogP contribution in [-0.4, -0.2) is 42.6 Å². The second kappa shape index (κ2) is 8.29. The van der Waals surface area contributed by atoms with Crippen LogP contribution < -0.4 is 15.5 Å². The summed E-state index contributed by atoms with van der Waals surface area (Å²) in [5.41, 5.74) is 0. The highest BCUT2D eigenvalue weighted by Gasteiger charge is 2.08. The van der Waals surface area contributed by atoms with Crippen molar-refractivity contribution >= 4 is 17.7 Å². The topological polar surface area (TPSA) is 70.2 Å². The Hall–Kier alpha value is -1.85. The standard InChI is InChI=1S/C13H23N5O/c1-4-7-14-12(19)10-18(3)11-6-9-16-13(17-11)15-8-5-2/h6,9H,4-5,7-8,10H2,1-3H3,(H,14,19)(H,15,16,17). The summed E-state index contributed by atoms with van der Waals surface area (Å²) < 4.78 is 0. The number of amides is 1. The Kier molecular flexibility index (Phi) is 6.63. The fraction of sp³-hybridized carbons (Fsp3) is 0.615. The molecular formula is C13H23N5O. The number of aromatic nitrogens is 2. The molecule has 106 valence electrons. The Balaban J connectivity index is 2.55. The molecule has 1 aromatic rings. The fourth-order valence-corrected chi connectivity index (χ4v) is 1.50. The van der Waals surface area contributed by atoms with Crippen molar-refractivity contribution in [3.05, 3.63) is 12.3 Å². The van der Waals surface area contributed by atoms with E-state index in [1.807, 2.05) is 18.9 Å². The average Bonchev–Trinajstić information content (AvgIpc) is 2.43. The van der Waals surface area contributed by atoms with Crippen molar-refractivity contribution in [3.8, 4) is 0 Å². The largest absolute Gasteiger partial charge is 0.355 e. The van der Waals surface area contributed by atoms with Crippen LogP contribution in [0.25, 0.3) is 0 Å². The summed E-state index contributed by atoms with van der Waals surface area (Å²) in [5, 5.41) is 5.97. The Bertz CT molecular complexity index is 396. The summed E-state index contributed by atoms with van der Waals surface area (Å²) >= 11 is 0. The van der Waals surface area contributed by atoms with Gasteiger partial charge in [-0.3, -0.25) is 4.79 Å². The third kappa shape index (κ3) is 5.54. The number of hydrogen-bond donors (Lipinski definition) is 2. The van der Waals surface area contributed by atoms with Crippen molar-refractivity contribution in [3.63, 3.8) is 0 Å². The highest BCUT2D eigenvalue weighted by atomic mass is 16.2. The fourth-order valence-electron chi connectivity index (χ4n) is 1.50. The van der Waals surface area contributed by atoms with E-state index in [1.165, 1.54) is 0 Å². The van der Waals surface area contributed by atoms with Gasteiger partial charge in [-0.1, -0.05) is 13.8 Å². The number of hydrogen-bond acceptors (Lipinski definition) is 5. The zero-order valence-electron chi connectivity index (χ0n) is 11.9. The molecule has 2 N–H and O–H groups in total. The van der Waals surface area contributed by atoms with E-state index < -0.39 is 0 Å². The molecule has 19 heavy (non-hydrogen) atoms. The predicted molar refractivity (Wildman–Crippen MR) is 77.4 cm³/mol. The molecule has 0 aromatic carbocycles. The molecule has 0 spiro atoms. The minimum Gasteiger partial charge on any atom is -0.355 e. The molecular weight excluding hydrogens is 242 g/mol. The third-order valence-corrected chi connectivity index (χ3v) is 2.52. The van der Waals surface area contributed by atoms with Gasteiger partial charge in [0.2, 0.25) is 11.9 Å². The van der Waals surface area contributed by atoms with Gasteiger partial charge in [0, 0.05) is 26.3 Å². The predicted octanol–water partition coefficient (Wildman–Crippen LogP) is 1.26. The summed E-state index contributed by atoms with van der Waals surface area (Å²) in [5.74, 6) is 1.34. The molecule has 6 heteroatoms. The maximum absolute atomic E-state index is 11.6. The average molecular weight is 265 g/mol. The van der Waals surface area contributed by atoms with Gasteiger partial charge < -0.3 is 15.5 Å². The number of nitrogens with one attached hydrogen (secondary N) is 2. The number of anilines is 2. The van der Waals surface area contributed by atoms with Crippen molar-refractivity contribution in [2.75, 3.05) is 36.9 Å². The number of nitrogens with zero attached hydrogens (tertiary/aromatic N) is 3. The smallest absolute Gasteiger partial charge is 0.239 e. The second-order valence-corrected chi connectivity index (χ2v) is 4.37. The summed E-state index contributed by atoms with van der Waals surface area (Å²) in [6.07, 6.45) is 3.65. The van der Waals surface area contributed by atoms with Gasteiger partial charge in [0.05, 0.1) is 6.54 Å². The molecule has 0 unspecified atom stereocenters. The van der Waals surface area contributed by atoms with Crippen molar-refractivity contribution in [1.82, 2.24) is 15.3 Å². The van der Waals surface area contributed by atoms with Crippen molar-refractivity contribution in [2.45, 2.75) is 26.7 Å². The monoisotopic (exact) mass is 265 g/mol. The van der Waals surface area contributed by atoms with Crippen LogP contribution >= 0.6 is 0 Å². The molecule has 1 amide bonds. The minimum absolute atomic E-state index is 0.00558. The van der Waals surface area contributed by atoms with Crippen LogP contribution in [0.2, 0.25) is 0 Å². The number of carbonyl (C=O) groups excluding carboxylic acids is 1. The zero-order chi connectivity index (χ0) is 14.1. The highest BCUT2D eigenvalue weighted by molar-refractivity contribution is 5.80. The van der Waals surface area contributed by atoms with Gasteiger partial charge in [0.15, 0.2) is 0 Å². The van der Waals surface area contributed by atoms with Crippen molar-refractivity contribution in [1.29, 1.82) is 0 Å². The number of rotatable bonds is 8. The summed E-state index contributed by atoms with van der Waals surface area (Å²) in [4.78, 5) is 21.9. The molecule has 0 aliphatic heterocycles.